The van der Waals surface area contributed by atoms with Crippen molar-refractivity contribution < 1.29 is 14.3 Å². The molecule has 1 aromatic heterocycles. The first-order valence-electron chi connectivity index (χ1n) is 12.5. The molecule has 3 aromatic rings. The molecular weight excluding hydrogens is 452 g/mol. The van der Waals surface area contributed by atoms with Crippen molar-refractivity contribution in [1.82, 2.24) is 9.78 Å². The molecule has 186 valence electrons. The van der Waals surface area contributed by atoms with Crippen molar-refractivity contribution in [3.05, 3.63) is 82.7 Å². The first-order chi connectivity index (χ1) is 17.3. The second-order valence-corrected chi connectivity index (χ2v) is 10.2. The third-order valence-electron chi connectivity index (χ3n) is 6.87. The minimum absolute atomic E-state index is 0.125. The van der Waals surface area contributed by atoms with E-state index in [1.165, 1.54) is 5.56 Å². The van der Waals surface area contributed by atoms with E-state index in [1.54, 1.807) is 10.9 Å². The number of Topliss-reactive ketones (excluding diaryl/α,β-unsaturated/α-hetero) is 1. The fourth-order valence-electron chi connectivity index (χ4n) is 5.12. The van der Waals surface area contributed by atoms with Crippen molar-refractivity contribution in [3.8, 4) is 5.75 Å². The number of carbonyl (C=O) groups is 2. The first-order valence-corrected chi connectivity index (χ1v) is 12.5. The van der Waals surface area contributed by atoms with E-state index in [1.807, 2.05) is 31.2 Å². The van der Waals surface area contributed by atoms with Gasteiger partial charge in [-0.15, -0.1) is 0 Å². The van der Waals surface area contributed by atoms with Crippen molar-refractivity contribution in [2.75, 3.05) is 17.2 Å². The summed E-state index contributed by atoms with van der Waals surface area (Å²) in [5.41, 5.74) is 4.77. The highest BCUT2D eigenvalue weighted by Crippen LogP contribution is 2.46. The smallest absolute Gasteiger partial charge is 0.261 e. The van der Waals surface area contributed by atoms with E-state index in [-0.39, 0.29) is 23.1 Å². The number of rotatable bonds is 6. The van der Waals surface area contributed by atoms with E-state index < -0.39 is 0 Å². The number of aromatic nitrogens is 2. The topological polar surface area (TPSA) is 85.2 Å². The summed E-state index contributed by atoms with van der Waals surface area (Å²) in [6.45, 7) is 8.84. The summed E-state index contributed by atoms with van der Waals surface area (Å²) in [7, 11) is 0. The Labute approximate surface area is 211 Å². The van der Waals surface area contributed by atoms with Gasteiger partial charge in [0.15, 0.2) is 5.78 Å². The van der Waals surface area contributed by atoms with Gasteiger partial charge in [-0.2, -0.15) is 5.10 Å². The molecule has 2 heterocycles. The Morgan fingerprint density at radius 2 is 1.83 bits per heavy atom. The van der Waals surface area contributed by atoms with Crippen LogP contribution in [0.15, 0.2) is 66.0 Å². The lowest BCUT2D eigenvalue weighted by Crippen LogP contribution is -2.37. The molecule has 2 N–H and O–H groups in total. The highest BCUT2D eigenvalue weighted by atomic mass is 16.5. The highest BCUT2D eigenvalue weighted by molar-refractivity contribution is 6.08. The molecule has 2 aliphatic rings. The van der Waals surface area contributed by atoms with E-state index in [0.717, 1.165) is 35.4 Å². The van der Waals surface area contributed by atoms with Gasteiger partial charge in [-0.05, 0) is 60.6 Å². The monoisotopic (exact) mass is 484 g/mol. The summed E-state index contributed by atoms with van der Waals surface area (Å²) in [5.74, 6) is 1.21. The van der Waals surface area contributed by atoms with Gasteiger partial charge in [0.05, 0.1) is 12.8 Å². The number of anilines is 2. The number of ketones is 1. The fraction of sp³-hybridized carbons (Fsp3) is 0.345. The summed E-state index contributed by atoms with van der Waals surface area (Å²) in [6, 6.07) is 15.2. The summed E-state index contributed by atoms with van der Waals surface area (Å²) in [4.78, 5) is 26.7. The van der Waals surface area contributed by atoms with Crippen LogP contribution in [0.4, 0.5) is 11.5 Å². The predicted molar refractivity (Wildman–Crippen MR) is 140 cm³/mol. The van der Waals surface area contributed by atoms with Crippen molar-refractivity contribution >= 4 is 23.2 Å². The number of nitrogens with one attached hydrogen (secondary N) is 2. The molecule has 0 saturated carbocycles. The van der Waals surface area contributed by atoms with Crippen LogP contribution in [-0.4, -0.2) is 28.1 Å². The number of aryl methyl sites for hydroxylation is 1. The molecule has 1 atom stereocenters. The van der Waals surface area contributed by atoms with Crippen molar-refractivity contribution in [2.24, 2.45) is 5.41 Å². The first kappa shape index (κ1) is 23.9. The molecule has 1 unspecified atom stereocenters. The Morgan fingerprint density at radius 3 is 2.50 bits per heavy atom. The van der Waals surface area contributed by atoms with Crippen LogP contribution in [0.25, 0.3) is 0 Å². The summed E-state index contributed by atoms with van der Waals surface area (Å²) in [5, 5.41) is 11.0. The lowest BCUT2D eigenvalue weighted by molar-refractivity contribution is -0.118. The molecule has 0 radical (unpaired) electrons. The third-order valence-corrected chi connectivity index (χ3v) is 6.87. The molecule has 7 nitrogen and oxygen atoms in total. The van der Waals surface area contributed by atoms with E-state index in [9.17, 15) is 9.59 Å². The number of fused-ring (bicyclic) bond motifs is 1. The second kappa shape index (κ2) is 9.30. The van der Waals surface area contributed by atoms with Crippen LogP contribution in [0.2, 0.25) is 0 Å². The number of nitrogens with zero attached hydrogens (tertiary/aromatic N) is 2. The summed E-state index contributed by atoms with van der Waals surface area (Å²) in [6.07, 6.45) is 3.73. The van der Waals surface area contributed by atoms with E-state index in [2.05, 4.69) is 60.8 Å². The zero-order valence-electron chi connectivity index (χ0n) is 21.2. The van der Waals surface area contributed by atoms with Gasteiger partial charge < -0.3 is 15.4 Å². The lowest BCUT2D eigenvalue weighted by atomic mass is 9.73. The van der Waals surface area contributed by atoms with Crippen molar-refractivity contribution in [3.63, 3.8) is 0 Å². The maximum absolute atomic E-state index is 13.4. The van der Waals surface area contributed by atoms with Crippen LogP contribution in [0.3, 0.4) is 0 Å². The molecule has 7 heteroatoms. The van der Waals surface area contributed by atoms with Crippen LogP contribution in [-0.2, 0) is 11.2 Å². The van der Waals surface area contributed by atoms with Crippen LogP contribution in [0, 0.1) is 5.41 Å². The van der Waals surface area contributed by atoms with Gasteiger partial charge in [0.25, 0.3) is 5.91 Å². The van der Waals surface area contributed by atoms with E-state index in [4.69, 9.17) is 4.74 Å². The van der Waals surface area contributed by atoms with Gasteiger partial charge >= 0.3 is 0 Å². The Hall–Kier alpha value is -3.87. The Morgan fingerprint density at radius 1 is 1.11 bits per heavy atom. The van der Waals surface area contributed by atoms with Gasteiger partial charge in [-0.3, -0.25) is 9.59 Å². The van der Waals surface area contributed by atoms with Gasteiger partial charge in [-0.1, -0.05) is 45.0 Å². The summed E-state index contributed by atoms with van der Waals surface area (Å²) < 4.78 is 7.27. The fourth-order valence-corrected chi connectivity index (χ4v) is 5.12. The number of hydrogen-bond donors (Lipinski definition) is 2. The van der Waals surface area contributed by atoms with Crippen LogP contribution >= 0.6 is 0 Å². The highest BCUT2D eigenvalue weighted by Gasteiger charge is 2.42. The minimum atomic E-state index is -0.377. The van der Waals surface area contributed by atoms with Gasteiger partial charge in [0.2, 0.25) is 0 Å². The predicted octanol–water partition coefficient (Wildman–Crippen LogP) is 5.75. The average molecular weight is 485 g/mol. The van der Waals surface area contributed by atoms with Crippen LogP contribution in [0.1, 0.15) is 68.1 Å². The Bertz CT molecular complexity index is 1330. The van der Waals surface area contributed by atoms with Gasteiger partial charge in [0, 0.05) is 23.4 Å². The molecule has 5 rings (SSSR count). The molecule has 0 saturated heterocycles. The Balaban J connectivity index is 1.52. The standard InChI is InChI=1S/C29H32N4O3/c1-5-18-7-9-19(10-8-18)26-25-23(15-29(3,4)16-24(25)34)32-27-22(17-30-33(26)27)28(35)31-20-11-13-21(14-12-20)36-6-2/h7-14,17,26,32H,5-6,15-16H2,1-4H3,(H,31,35). The zero-order chi connectivity index (χ0) is 25.4. The lowest BCUT2D eigenvalue weighted by Gasteiger charge is -2.39. The molecule has 0 fully saturated rings. The molecule has 1 aliphatic carbocycles. The Kier molecular flexibility index (Phi) is 6.16. The van der Waals surface area contributed by atoms with Gasteiger partial charge in [-0.25, -0.2) is 4.68 Å². The molecule has 1 aliphatic heterocycles. The van der Waals surface area contributed by atoms with Crippen LogP contribution in [0.5, 0.6) is 5.75 Å². The number of amides is 1. The minimum Gasteiger partial charge on any atom is -0.494 e. The zero-order valence-corrected chi connectivity index (χ0v) is 21.2. The number of hydrogen-bond acceptors (Lipinski definition) is 5. The number of carbonyl (C=O) groups excluding carboxylic acids is 2. The molecule has 2 aromatic carbocycles. The second-order valence-electron chi connectivity index (χ2n) is 10.2. The number of benzene rings is 2. The summed E-state index contributed by atoms with van der Waals surface area (Å²) >= 11 is 0. The average Bonchev–Trinajstić information content (AvgIpc) is 3.27. The molecule has 36 heavy (non-hydrogen) atoms. The van der Waals surface area contributed by atoms with E-state index in [0.29, 0.717) is 30.1 Å². The molecule has 0 bridgehead atoms. The third kappa shape index (κ3) is 4.41. The van der Waals surface area contributed by atoms with Crippen molar-refractivity contribution in [2.45, 2.75) is 53.0 Å². The maximum atomic E-state index is 13.4. The van der Waals surface area contributed by atoms with Crippen LogP contribution < -0.4 is 15.4 Å². The molecule has 1 amide bonds. The molecule has 0 spiro atoms. The SMILES string of the molecule is CCOc1ccc(NC(=O)c2cnn3c2NC2=C(C(=O)CC(C)(C)C2)C3c2ccc(CC)cc2)cc1. The normalized spacial score (nSPS) is 18.2. The molecular formula is C29H32N4O3. The van der Waals surface area contributed by atoms with E-state index >= 15 is 0 Å². The maximum Gasteiger partial charge on any atom is 0.261 e. The van der Waals surface area contributed by atoms with Gasteiger partial charge in [0.1, 0.15) is 23.2 Å². The number of ether oxygens (including phenoxy) is 1. The number of allylic oxidation sites excluding steroid dienone is 2. The van der Waals surface area contributed by atoms with Crippen molar-refractivity contribution in [1.29, 1.82) is 0 Å². The largest absolute Gasteiger partial charge is 0.494 e. The quantitative estimate of drug-likeness (QED) is 0.465.